The number of hydrogen-bond acceptors (Lipinski definition) is 5. The zero-order chi connectivity index (χ0) is 23.2. The Bertz CT molecular complexity index is 1210. The van der Waals surface area contributed by atoms with Gasteiger partial charge in [0.2, 0.25) is 5.91 Å². The molecule has 0 unspecified atom stereocenters. The number of anilines is 1. The number of nitrogens with zero attached hydrogens (tertiary/aromatic N) is 3. The lowest BCUT2D eigenvalue weighted by atomic mass is 10.2. The van der Waals surface area contributed by atoms with Gasteiger partial charge in [0.25, 0.3) is 0 Å². The van der Waals surface area contributed by atoms with Crippen molar-refractivity contribution < 1.29 is 9.53 Å². The van der Waals surface area contributed by atoms with Gasteiger partial charge in [0.15, 0.2) is 11.0 Å². The van der Waals surface area contributed by atoms with E-state index in [0.29, 0.717) is 11.0 Å². The first-order valence-electron chi connectivity index (χ1n) is 10.7. The first-order chi connectivity index (χ1) is 16.0. The van der Waals surface area contributed by atoms with Gasteiger partial charge in [-0.25, -0.2) is 0 Å². The van der Waals surface area contributed by atoms with Crippen molar-refractivity contribution in [3.05, 3.63) is 95.8 Å². The molecule has 6 nitrogen and oxygen atoms in total. The van der Waals surface area contributed by atoms with Crippen LogP contribution in [0.25, 0.3) is 5.69 Å². The number of carbonyl (C=O) groups excluding carboxylic acids is 1. The van der Waals surface area contributed by atoms with Gasteiger partial charge in [-0.2, -0.15) is 0 Å². The van der Waals surface area contributed by atoms with E-state index in [1.54, 1.807) is 0 Å². The molecular formula is C26H26N4O2S. The predicted molar refractivity (Wildman–Crippen MR) is 132 cm³/mol. The van der Waals surface area contributed by atoms with Crippen molar-refractivity contribution in [2.24, 2.45) is 0 Å². The van der Waals surface area contributed by atoms with Crippen LogP contribution in [0.5, 0.6) is 5.75 Å². The van der Waals surface area contributed by atoms with Crippen LogP contribution in [0.1, 0.15) is 23.9 Å². The third-order valence-corrected chi connectivity index (χ3v) is 6.12. The topological polar surface area (TPSA) is 69.0 Å². The first-order valence-corrected chi connectivity index (χ1v) is 11.6. The van der Waals surface area contributed by atoms with E-state index in [4.69, 9.17) is 4.74 Å². The molecule has 1 N–H and O–H groups in total. The Balaban J connectivity index is 1.52. The SMILES string of the molecule is Cc1ccc(NC(=O)[C@H](C)Sc2nnc(COc3ccc(C)cc3)n2-c2ccccc2)cc1. The molecule has 1 heterocycles. The normalized spacial score (nSPS) is 11.7. The van der Waals surface area contributed by atoms with Crippen molar-refractivity contribution >= 4 is 23.4 Å². The minimum absolute atomic E-state index is 0.0936. The van der Waals surface area contributed by atoms with Crippen LogP contribution in [0.4, 0.5) is 5.69 Å². The lowest BCUT2D eigenvalue weighted by molar-refractivity contribution is -0.115. The molecule has 168 valence electrons. The van der Waals surface area contributed by atoms with E-state index in [-0.39, 0.29) is 17.8 Å². The highest BCUT2D eigenvalue weighted by Gasteiger charge is 2.21. The van der Waals surface area contributed by atoms with Crippen LogP contribution in [-0.2, 0) is 11.4 Å². The second-order valence-electron chi connectivity index (χ2n) is 7.79. The van der Waals surface area contributed by atoms with Crippen LogP contribution in [0, 0.1) is 13.8 Å². The average Bonchev–Trinajstić information content (AvgIpc) is 3.23. The van der Waals surface area contributed by atoms with Crippen LogP contribution in [0.15, 0.2) is 84.0 Å². The Morgan fingerprint density at radius 1 is 0.939 bits per heavy atom. The Kier molecular flexibility index (Phi) is 7.10. The molecule has 33 heavy (non-hydrogen) atoms. The molecule has 1 atom stereocenters. The van der Waals surface area contributed by atoms with Gasteiger partial charge in [-0.05, 0) is 57.2 Å². The zero-order valence-electron chi connectivity index (χ0n) is 18.9. The molecule has 4 aromatic rings. The summed E-state index contributed by atoms with van der Waals surface area (Å²) in [6.45, 7) is 6.17. The molecule has 0 spiro atoms. The van der Waals surface area contributed by atoms with Crippen LogP contribution >= 0.6 is 11.8 Å². The summed E-state index contributed by atoms with van der Waals surface area (Å²) in [5.74, 6) is 1.34. The lowest BCUT2D eigenvalue weighted by Crippen LogP contribution is -2.23. The summed E-state index contributed by atoms with van der Waals surface area (Å²) in [4.78, 5) is 12.8. The number of carbonyl (C=O) groups is 1. The largest absolute Gasteiger partial charge is 0.486 e. The number of thioether (sulfide) groups is 1. The van der Waals surface area contributed by atoms with Crippen molar-refractivity contribution in [3.8, 4) is 11.4 Å². The third-order valence-electron chi connectivity index (χ3n) is 5.07. The predicted octanol–water partition coefficient (Wildman–Crippen LogP) is 5.58. The number of para-hydroxylation sites is 1. The fourth-order valence-corrected chi connectivity index (χ4v) is 4.07. The molecule has 7 heteroatoms. The fourth-order valence-electron chi connectivity index (χ4n) is 3.18. The molecule has 3 aromatic carbocycles. The van der Waals surface area contributed by atoms with E-state index in [1.165, 1.54) is 17.3 Å². The molecule has 0 aliphatic rings. The number of ether oxygens (including phenoxy) is 1. The van der Waals surface area contributed by atoms with Gasteiger partial charge in [-0.1, -0.05) is 65.4 Å². The van der Waals surface area contributed by atoms with Crippen LogP contribution in [0.2, 0.25) is 0 Å². The minimum atomic E-state index is -0.371. The van der Waals surface area contributed by atoms with E-state index >= 15 is 0 Å². The first kappa shape index (κ1) is 22.6. The van der Waals surface area contributed by atoms with Crippen LogP contribution in [-0.4, -0.2) is 25.9 Å². The second-order valence-corrected chi connectivity index (χ2v) is 9.09. The number of hydrogen-bond donors (Lipinski definition) is 1. The Morgan fingerprint density at radius 2 is 1.58 bits per heavy atom. The number of aryl methyl sites for hydroxylation is 2. The molecule has 0 bridgehead atoms. The average molecular weight is 459 g/mol. The molecule has 0 saturated carbocycles. The van der Waals surface area contributed by atoms with Gasteiger partial charge < -0.3 is 10.1 Å². The van der Waals surface area contributed by atoms with Crippen molar-refractivity contribution in [2.45, 2.75) is 37.8 Å². The quantitative estimate of drug-likeness (QED) is 0.349. The second kappa shape index (κ2) is 10.4. The van der Waals surface area contributed by atoms with Crippen molar-refractivity contribution in [3.63, 3.8) is 0 Å². The van der Waals surface area contributed by atoms with Gasteiger partial charge in [-0.15, -0.1) is 10.2 Å². The highest BCUT2D eigenvalue weighted by molar-refractivity contribution is 8.00. The minimum Gasteiger partial charge on any atom is -0.486 e. The molecule has 0 saturated heterocycles. The number of nitrogens with one attached hydrogen (secondary N) is 1. The zero-order valence-corrected chi connectivity index (χ0v) is 19.7. The lowest BCUT2D eigenvalue weighted by Gasteiger charge is -2.14. The van der Waals surface area contributed by atoms with Gasteiger partial charge in [-0.3, -0.25) is 9.36 Å². The van der Waals surface area contributed by atoms with Crippen molar-refractivity contribution in [2.75, 3.05) is 5.32 Å². The molecule has 0 aliphatic carbocycles. The van der Waals surface area contributed by atoms with E-state index < -0.39 is 0 Å². The fraction of sp³-hybridized carbons (Fsp3) is 0.192. The summed E-state index contributed by atoms with van der Waals surface area (Å²) in [6.07, 6.45) is 0. The molecular weight excluding hydrogens is 432 g/mol. The van der Waals surface area contributed by atoms with E-state index in [0.717, 1.165) is 22.7 Å². The molecule has 0 aliphatic heterocycles. The van der Waals surface area contributed by atoms with Gasteiger partial charge in [0.05, 0.1) is 5.25 Å². The van der Waals surface area contributed by atoms with E-state index in [9.17, 15) is 4.79 Å². The Morgan fingerprint density at radius 3 is 2.24 bits per heavy atom. The standard InChI is InChI=1S/C26H26N4O2S/c1-18-9-13-21(14-10-18)27-25(31)20(3)33-26-29-28-24(30(26)22-7-5-4-6-8-22)17-32-23-15-11-19(2)12-16-23/h4-16,20H,17H2,1-3H3,(H,27,31)/t20-/m0/s1. The Hall–Kier alpha value is -3.58. The summed E-state index contributed by atoms with van der Waals surface area (Å²) in [6, 6.07) is 25.5. The van der Waals surface area contributed by atoms with Crippen LogP contribution in [0.3, 0.4) is 0 Å². The number of aromatic nitrogens is 3. The molecule has 0 radical (unpaired) electrons. The molecule has 0 fully saturated rings. The summed E-state index contributed by atoms with van der Waals surface area (Å²) in [5.41, 5.74) is 4.01. The molecule has 1 aromatic heterocycles. The van der Waals surface area contributed by atoms with Crippen molar-refractivity contribution in [1.29, 1.82) is 0 Å². The third kappa shape index (κ3) is 5.81. The smallest absolute Gasteiger partial charge is 0.237 e. The Labute approximate surface area is 198 Å². The van der Waals surface area contributed by atoms with Crippen molar-refractivity contribution in [1.82, 2.24) is 14.8 Å². The number of benzene rings is 3. The maximum atomic E-state index is 12.8. The summed E-state index contributed by atoms with van der Waals surface area (Å²) in [7, 11) is 0. The monoisotopic (exact) mass is 458 g/mol. The molecule has 4 rings (SSSR count). The summed E-state index contributed by atoms with van der Waals surface area (Å²) >= 11 is 1.36. The van der Waals surface area contributed by atoms with Gasteiger partial charge in [0.1, 0.15) is 12.4 Å². The van der Waals surface area contributed by atoms with Gasteiger partial charge >= 0.3 is 0 Å². The van der Waals surface area contributed by atoms with E-state index in [1.807, 2.05) is 104 Å². The van der Waals surface area contributed by atoms with Crippen LogP contribution < -0.4 is 10.1 Å². The number of rotatable bonds is 8. The molecule has 1 amide bonds. The number of amides is 1. The maximum Gasteiger partial charge on any atom is 0.237 e. The summed E-state index contributed by atoms with van der Waals surface area (Å²) < 4.78 is 7.89. The highest BCUT2D eigenvalue weighted by atomic mass is 32.2. The van der Waals surface area contributed by atoms with Gasteiger partial charge in [0, 0.05) is 11.4 Å². The summed E-state index contributed by atoms with van der Waals surface area (Å²) in [5, 5.41) is 12.0. The maximum absolute atomic E-state index is 12.8. The van der Waals surface area contributed by atoms with E-state index in [2.05, 4.69) is 15.5 Å². The highest BCUT2D eigenvalue weighted by Crippen LogP contribution is 2.27.